The van der Waals surface area contributed by atoms with Crippen LogP contribution in [0.25, 0.3) is 0 Å². The van der Waals surface area contributed by atoms with E-state index in [0.717, 1.165) is 37.7 Å². The average molecular weight is 250 g/mol. The van der Waals surface area contributed by atoms with Gasteiger partial charge >= 0.3 is 0 Å². The number of nitrogens with zero attached hydrogens (tertiary/aromatic N) is 3. The van der Waals surface area contributed by atoms with Crippen LogP contribution >= 0.6 is 0 Å². The number of aromatic nitrogens is 2. The molecule has 1 N–H and O–H groups in total. The molecule has 1 fully saturated rings. The molecule has 0 aliphatic carbocycles. The van der Waals surface area contributed by atoms with E-state index in [1.54, 1.807) is 0 Å². The summed E-state index contributed by atoms with van der Waals surface area (Å²) in [5.74, 6) is 1.47. The quantitative estimate of drug-likeness (QED) is 0.826. The fourth-order valence-corrected chi connectivity index (χ4v) is 2.06. The highest BCUT2D eigenvalue weighted by Crippen LogP contribution is 2.19. The molecule has 2 rings (SSSR count). The van der Waals surface area contributed by atoms with Gasteiger partial charge < -0.3 is 15.0 Å². The van der Waals surface area contributed by atoms with Crippen molar-refractivity contribution in [1.29, 1.82) is 0 Å². The van der Waals surface area contributed by atoms with Gasteiger partial charge in [-0.25, -0.2) is 4.98 Å². The maximum absolute atomic E-state index is 5.49. The molecule has 0 bridgehead atoms. The molecule has 5 heteroatoms. The van der Waals surface area contributed by atoms with E-state index in [0.29, 0.717) is 18.5 Å². The van der Waals surface area contributed by atoms with Crippen LogP contribution in [0.5, 0.6) is 5.88 Å². The fourth-order valence-electron chi connectivity index (χ4n) is 2.06. The predicted octanol–water partition coefficient (Wildman–Crippen LogP) is 1.37. The van der Waals surface area contributed by atoms with Gasteiger partial charge in [-0.1, -0.05) is 6.92 Å². The normalized spacial score (nSPS) is 15.3. The molecule has 5 nitrogen and oxygen atoms in total. The highest BCUT2D eigenvalue weighted by atomic mass is 16.5. The summed E-state index contributed by atoms with van der Waals surface area (Å²) in [6.45, 7) is 9.78. The van der Waals surface area contributed by atoms with E-state index in [2.05, 4.69) is 27.1 Å². The molecule has 0 saturated carbocycles. The molecular formula is C13H22N4O. The van der Waals surface area contributed by atoms with Gasteiger partial charge in [-0.15, -0.1) is 0 Å². The molecule has 2 heterocycles. The van der Waals surface area contributed by atoms with Gasteiger partial charge in [-0.3, -0.25) is 0 Å². The lowest BCUT2D eigenvalue weighted by molar-refractivity contribution is 0.324. The Morgan fingerprint density at radius 3 is 2.72 bits per heavy atom. The van der Waals surface area contributed by atoms with E-state index in [4.69, 9.17) is 4.74 Å². The van der Waals surface area contributed by atoms with Gasteiger partial charge in [-0.05, 0) is 20.3 Å². The van der Waals surface area contributed by atoms with Crippen molar-refractivity contribution in [3.8, 4) is 5.88 Å². The Kier molecular flexibility index (Phi) is 4.36. The molecule has 0 aromatic carbocycles. The molecule has 0 atom stereocenters. The number of aryl methyl sites for hydroxylation is 1. The van der Waals surface area contributed by atoms with Crippen LogP contribution in [0.4, 0.5) is 5.95 Å². The maximum atomic E-state index is 5.49. The lowest BCUT2D eigenvalue weighted by Gasteiger charge is -2.38. The Labute approximate surface area is 109 Å². The smallest absolute Gasteiger partial charge is 0.229 e. The summed E-state index contributed by atoms with van der Waals surface area (Å²) in [4.78, 5) is 11.3. The van der Waals surface area contributed by atoms with E-state index in [1.807, 2.05) is 19.9 Å². The number of ether oxygens (including phenoxy) is 1. The number of anilines is 1. The topological polar surface area (TPSA) is 50.3 Å². The second kappa shape index (κ2) is 6.00. The van der Waals surface area contributed by atoms with Crippen molar-refractivity contribution in [2.75, 3.05) is 31.1 Å². The molecular weight excluding hydrogens is 228 g/mol. The number of rotatable bonds is 6. The van der Waals surface area contributed by atoms with Crippen molar-refractivity contribution in [2.45, 2.75) is 33.2 Å². The van der Waals surface area contributed by atoms with Gasteiger partial charge in [0.25, 0.3) is 0 Å². The number of hydrogen-bond donors (Lipinski definition) is 1. The third kappa shape index (κ3) is 2.90. The van der Waals surface area contributed by atoms with Gasteiger partial charge in [0.2, 0.25) is 11.8 Å². The molecule has 1 saturated heterocycles. The van der Waals surface area contributed by atoms with Crippen molar-refractivity contribution < 1.29 is 4.74 Å². The van der Waals surface area contributed by atoms with Crippen LogP contribution in [0.2, 0.25) is 0 Å². The van der Waals surface area contributed by atoms with Gasteiger partial charge in [0.1, 0.15) is 0 Å². The molecule has 100 valence electrons. The van der Waals surface area contributed by atoms with Crippen molar-refractivity contribution in [3.63, 3.8) is 0 Å². The Bertz CT molecular complexity index is 393. The standard InChI is InChI=1S/C13H22N4O/c1-4-6-17(11-8-14-9-11)13-15-10(3)7-12(16-13)18-5-2/h7,11,14H,4-6,8-9H2,1-3H3. The first-order valence-corrected chi connectivity index (χ1v) is 6.70. The second-order valence-corrected chi connectivity index (χ2v) is 4.59. The molecule has 1 aliphatic rings. The zero-order valence-corrected chi connectivity index (χ0v) is 11.4. The van der Waals surface area contributed by atoms with Crippen LogP contribution in [0.15, 0.2) is 6.07 Å². The molecule has 0 amide bonds. The largest absolute Gasteiger partial charge is 0.478 e. The molecule has 0 unspecified atom stereocenters. The van der Waals surface area contributed by atoms with Crippen molar-refractivity contribution in [3.05, 3.63) is 11.8 Å². The molecule has 1 aromatic heterocycles. The summed E-state index contributed by atoms with van der Waals surface area (Å²) in [6, 6.07) is 2.40. The number of hydrogen-bond acceptors (Lipinski definition) is 5. The molecule has 0 radical (unpaired) electrons. The summed E-state index contributed by atoms with van der Waals surface area (Å²) >= 11 is 0. The van der Waals surface area contributed by atoms with Crippen LogP contribution in [0.1, 0.15) is 26.0 Å². The average Bonchev–Trinajstić information content (AvgIpc) is 2.25. The first kappa shape index (κ1) is 13.1. The number of nitrogens with one attached hydrogen (secondary N) is 1. The fraction of sp³-hybridized carbons (Fsp3) is 0.692. The lowest BCUT2D eigenvalue weighted by Crippen LogP contribution is -2.58. The minimum Gasteiger partial charge on any atom is -0.478 e. The highest BCUT2D eigenvalue weighted by Gasteiger charge is 2.26. The van der Waals surface area contributed by atoms with Crippen LogP contribution < -0.4 is 15.0 Å². The Morgan fingerprint density at radius 1 is 1.39 bits per heavy atom. The third-order valence-corrected chi connectivity index (χ3v) is 3.03. The molecule has 0 spiro atoms. The van der Waals surface area contributed by atoms with Crippen LogP contribution in [0.3, 0.4) is 0 Å². The van der Waals surface area contributed by atoms with Gasteiger partial charge in [0, 0.05) is 31.4 Å². The van der Waals surface area contributed by atoms with E-state index in [-0.39, 0.29) is 0 Å². The van der Waals surface area contributed by atoms with E-state index in [9.17, 15) is 0 Å². The SMILES string of the molecule is CCCN(c1nc(C)cc(OCC)n1)C1CNC1. The Morgan fingerprint density at radius 2 is 2.17 bits per heavy atom. The Hall–Kier alpha value is -1.36. The van der Waals surface area contributed by atoms with Crippen molar-refractivity contribution in [2.24, 2.45) is 0 Å². The summed E-state index contributed by atoms with van der Waals surface area (Å²) in [6.07, 6.45) is 1.10. The zero-order valence-electron chi connectivity index (χ0n) is 11.4. The molecule has 1 aliphatic heterocycles. The molecule has 18 heavy (non-hydrogen) atoms. The maximum Gasteiger partial charge on any atom is 0.229 e. The van der Waals surface area contributed by atoms with Crippen molar-refractivity contribution in [1.82, 2.24) is 15.3 Å². The van der Waals surface area contributed by atoms with Crippen LogP contribution in [-0.2, 0) is 0 Å². The third-order valence-electron chi connectivity index (χ3n) is 3.03. The monoisotopic (exact) mass is 250 g/mol. The summed E-state index contributed by atoms with van der Waals surface area (Å²) in [5, 5.41) is 3.30. The Balaban J connectivity index is 2.22. The van der Waals surface area contributed by atoms with E-state index < -0.39 is 0 Å². The van der Waals surface area contributed by atoms with Crippen molar-refractivity contribution >= 4 is 5.95 Å². The highest BCUT2D eigenvalue weighted by molar-refractivity contribution is 5.37. The summed E-state index contributed by atoms with van der Waals surface area (Å²) < 4.78 is 5.49. The van der Waals surface area contributed by atoms with E-state index in [1.165, 1.54) is 0 Å². The van der Waals surface area contributed by atoms with Crippen LogP contribution in [0, 0.1) is 6.92 Å². The van der Waals surface area contributed by atoms with E-state index >= 15 is 0 Å². The van der Waals surface area contributed by atoms with Gasteiger partial charge in [0.05, 0.1) is 12.6 Å². The zero-order chi connectivity index (χ0) is 13.0. The summed E-state index contributed by atoms with van der Waals surface area (Å²) in [5.41, 5.74) is 0.955. The van der Waals surface area contributed by atoms with Gasteiger partial charge in [-0.2, -0.15) is 4.98 Å². The van der Waals surface area contributed by atoms with Crippen LogP contribution in [-0.4, -0.2) is 42.3 Å². The van der Waals surface area contributed by atoms with Gasteiger partial charge in [0.15, 0.2) is 0 Å². The summed E-state index contributed by atoms with van der Waals surface area (Å²) in [7, 11) is 0. The lowest BCUT2D eigenvalue weighted by atomic mass is 10.1. The predicted molar refractivity (Wildman–Crippen MR) is 72.2 cm³/mol. The minimum absolute atomic E-state index is 0.515. The molecule has 1 aromatic rings. The first-order chi connectivity index (χ1) is 8.74. The minimum atomic E-state index is 0.515. The second-order valence-electron chi connectivity index (χ2n) is 4.59. The first-order valence-electron chi connectivity index (χ1n) is 6.70.